The number of rotatable bonds is 1. The summed E-state index contributed by atoms with van der Waals surface area (Å²) in [7, 11) is 11.9. The van der Waals surface area contributed by atoms with Crippen LogP contribution >= 0.6 is 0 Å². The quantitative estimate of drug-likeness (QED) is 0.354. The first-order chi connectivity index (χ1) is 4.18. The van der Waals surface area contributed by atoms with E-state index < -0.39 is 0 Å². The van der Waals surface area contributed by atoms with Gasteiger partial charge in [0, 0.05) is 0 Å². The SMILES string of the molecule is CC.[B]C(=[B])C(C)=NC. The molecule has 47 valence electrons. The van der Waals surface area contributed by atoms with Crippen molar-refractivity contribution >= 4 is 26.4 Å². The zero-order valence-electron chi connectivity index (χ0n) is 6.60. The molecule has 0 bridgehead atoms. The van der Waals surface area contributed by atoms with Gasteiger partial charge in [-0.05, 0) is 0 Å². The molecule has 0 fully saturated rings. The summed E-state index contributed by atoms with van der Waals surface area (Å²) in [5, 5.41) is 0.294. The number of hydrogen-bond acceptors (Lipinski definition) is 1. The molecule has 0 aromatic rings. The van der Waals surface area contributed by atoms with E-state index in [1.807, 2.05) is 13.8 Å². The van der Waals surface area contributed by atoms with Crippen LogP contribution in [0.5, 0.6) is 0 Å². The average Bonchev–Trinajstić information content (AvgIpc) is 1.91. The van der Waals surface area contributed by atoms with Gasteiger partial charge in [-0.15, -0.1) is 0 Å². The molecule has 0 amide bonds. The van der Waals surface area contributed by atoms with Crippen LogP contribution in [0.25, 0.3) is 0 Å². The van der Waals surface area contributed by atoms with Gasteiger partial charge in [-0.3, -0.25) is 0 Å². The Morgan fingerprint density at radius 1 is 1.33 bits per heavy atom. The zero-order chi connectivity index (χ0) is 7.86. The van der Waals surface area contributed by atoms with Crippen molar-refractivity contribution in [3.05, 3.63) is 0 Å². The first kappa shape index (κ1) is 11.5. The molecule has 0 heterocycles. The van der Waals surface area contributed by atoms with E-state index >= 15 is 0 Å². The monoisotopic (exact) mass is 120 g/mol. The number of aliphatic imine (C=N–C) groups is 1. The maximum absolute atomic E-state index is 5.11. The van der Waals surface area contributed by atoms with Crippen molar-refractivity contribution in [1.29, 1.82) is 0 Å². The molecule has 3 heteroatoms. The average molecular weight is 120 g/mol. The summed E-state index contributed by atoms with van der Waals surface area (Å²) in [6, 6.07) is 0. The molecule has 3 radical (unpaired) electrons. The van der Waals surface area contributed by atoms with E-state index in [2.05, 4.69) is 4.99 Å². The van der Waals surface area contributed by atoms with Crippen LogP contribution in [0.3, 0.4) is 0 Å². The van der Waals surface area contributed by atoms with Crippen molar-refractivity contribution in [3.8, 4) is 0 Å². The summed E-state index contributed by atoms with van der Waals surface area (Å²) in [6.45, 7) is 5.76. The molecule has 0 saturated carbocycles. The van der Waals surface area contributed by atoms with Crippen molar-refractivity contribution < 1.29 is 0 Å². The molecular formula is C6H12B2N. The Labute approximate surface area is 60.1 Å². The van der Waals surface area contributed by atoms with Crippen molar-refractivity contribution in [2.24, 2.45) is 4.99 Å². The summed E-state index contributed by atoms with van der Waals surface area (Å²) in [4.78, 5) is 3.72. The Morgan fingerprint density at radius 3 is 1.67 bits per heavy atom. The molecule has 0 saturated heterocycles. The molecule has 0 spiro atoms. The minimum absolute atomic E-state index is 0.294. The van der Waals surface area contributed by atoms with Gasteiger partial charge in [0.1, 0.15) is 0 Å². The normalized spacial score (nSPS) is 9.44. The Hall–Kier alpha value is -0.330. The van der Waals surface area contributed by atoms with Crippen LogP contribution in [0.2, 0.25) is 0 Å². The van der Waals surface area contributed by atoms with Crippen LogP contribution in [0.15, 0.2) is 4.99 Å². The van der Waals surface area contributed by atoms with Gasteiger partial charge in [-0.2, -0.15) is 0 Å². The fourth-order valence-corrected chi connectivity index (χ4v) is 0.129. The van der Waals surface area contributed by atoms with E-state index in [4.69, 9.17) is 15.3 Å². The topological polar surface area (TPSA) is 12.4 Å². The van der Waals surface area contributed by atoms with E-state index in [1.54, 1.807) is 14.0 Å². The Kier molecular flexibility index (Phi) is 9.77. The molecule has 0 atom stereocenters. The van der Waals surface area contributed by atoms with Crippen molar-refractivity contribution in [2.75, 3.05) is 7.05 Å². The summed E-state index contributed by atoms with van der Waals surface area (Å²) >= 11 is 0. The molecule has 0 N–H and O–H groups in total. The Balaban J connectivity index is 0. The molecule has 0 unspecified atom stereocenters. The summed E-state index contributed by atoms with van der Waals surface area (Å²) in [6.07, 6.45) is 0. The number of nitrogens with zero attached hydrogens (tertiary/aromatic N) is 1. The third-order valence-electron chi connectivity index (χ3n) is 0.753. The van der Waals surface area contributed by atoms with Crippen LogP contribution in [-0.2, 0) is 0 Å². The predicted octanol–water partition coefficient (Wildman–Crippen LogP) is 0.570. The zero-order valence-corrected chi connectivity index (χ0v) is 6.60. The van der Waals surface area contributed by atoms with Gasteiger partial charge in [-0.25, -0.2) is 0 Å². The first-order valence-corrected chi connectivity index (χ1v) is 3.00. The standard InChI is InChI=1S/C4H6B2N.C2H6/c1-3(7-2)4(5)6;1-2/h1-2H3;1-2H3. The fourth-order valence-electron chi connectivity index (χ4n) is 0.129. The fraction of sp³-hybridized carbons (Fsp3) is 0.667. The van der Waals surface area contributed by atoms with Crippen molar-refractivity contribution in [2.45, 2.75) is 20.8 Å². The first-order valence-electron chi connectivity index (χ1n) is 3.00. The van der Waals surface area contributed by atoms with Crippen LogP contribution in [0, 0.1) is 0 Å². The predicted molar refractivity (Wildman–Crippen MR) is 46.9 cm³/mol. The minimum atomic E-state index is 0.294. The third-order valence-corrected chi connectivity index (χ3v) is 0.753. The van der Waals surface area contributed by atoms with Gasteiger partial charge in [0.05, 0.1) is 0 Å². The van der Waals surface area contributed by atoms with Gasteiger partial charge in [0.2, 0.25) is 0 Å². The molecule has 9 heavy (non-hydrogen) atoms. The third kappa shape index (κ3) is 7.67. The second kappa shape index (κ2) is 7.67. The van der Waals surface area contributed by atoms with Gasteiger partial charge in [-0.1, -0.05) is 13.8 Å². The van der Waals surface area contributed by atoms with Gasteiger partial charge < -0.3 is 0 Å². The summed E-state index contributed by atoms with van der Waals surface area (Å²) in [5.74, 6) is 0. The van der Waals surface area contributed by atoms with Crippen molar-refractivity contribution in [3.63, 3.8) is 0 Å². The Bertz CT molecular complexity index is 108. The van der Waals surface area contributed by atoms with Crippen LogP contribution < -0.4 is 0 Å². The molecule has 0 aliphatic heterocycles. The summed E-state index contributed by atoms with van der Waals surface area (Å²) in [5.41, 5.74) is 0.694. The summed E-state index contributed by atoms with van der Waals surface area (Å²) < 4.78 is 0. The van der Waals surface area contributed by atoms with Gasteiger partial charge in [0.25, 0.3) is 0 Å². The molecule has 1 nitrogen and oxygen atoms in total. The molecule has 0 aliphatic carbocycles. The molecule has 0 aromatic carbocycles. The van der Waals surface area contributed by atoms with Gasteiger partial charge in [0.15, 0.2) is 0 Å². The molecule has 0 rings (SSSR count). The number of hydrogen-bond donors (Lipinski definition) is 0. The maximum atomic E-state index is 5.11. The molecule has 0 aromatic heterocycles. The van der Waals surface area contributed by atoms with Crippen LogP contribution in [-0.4, -0.2) is 33.5 Å². The van der Waals surface area contributed by atoms with Crippen molar-refractivity contribution in [1.82, 2.24) is 0 Å². The van der Waals surface area contributed by atoms with Crippen LogP contribution in [0.1, 0.15) is 20.8 Å². The second-order valence-electron chi connectivity index (χ2n) is 1.26. The van der Waals surface area contributed by atoms with E-state index in [-0.39, 0.29) is 0 Å². The van der Waals surface area contributed by atoms with E-state index in [1.165, 1.54) is 0 Å². The second-order valence-corrected chi connectivity index (χ2v) is 1.26. The molecule has 0 aliphatic rings. The Morgan fingerprint density at radius 2 is 1.67 bits per heavy atom. The van der Waals surface area contributed by atoms with E-state index in [0.717, 1.165) is 0 Å². The van der Waals surface area contributed by atoms with E-state index in [9.17, 15) is 0 Å². The van der Waals surface area contributed by atoms with Crippen LogP contribution in [0.4, 0.5) is 0 Å². The molecular weight excluding hydrogens is 108 g/mol. The van der Waals surface area contributed by atoms with E-state index in [0.29, 0.717) is 11.1 Å². The van der Waals surface area contributed by atoms with Gasteiger partial charge >= 0.3 is 45.4 Å².